The summed E-state index contributed by atoms with van der Waals surface area (Å²) in [5.74, 6) is 0.948. The Hall–Kier alpha value is -3.66. The van der Waals surface area contributed by atoms with Crippen LogP contribution in [-0.2, 0) is 6.61 Å². The van der Waals surface area contributed by atoms with Crippen molar-refractivity contribution in [1.29, 1.82) is 0 Å². The van der Waals surface area contributed by atoms with Crippen molar-refractivity contribution in [3.05, 3.63) is 113 Å². The number of halogens is 1. The van der Waals surface area contributed by atoms with E-state index in [-0.39, 0.29) is 17.4 Å². The van der Waals surface area contributed by atoms with E-state index in [2.05, 4.69) is 0 Å². The highest BCUT2D eigenvalue weighted by Gasteiger charge is 2.29. The van der Waals surface area contributed by atoms with E-state index >= 15 is 0 Å². The first kappa shape index (κ1) is 18.7. The van der Waals surface area contributed by atoms with E-state index in [9.17, 15) is 9.18 Å². The standard InChI is InChI=1S/C25H19FO3/c1-17-14-21(28-16-19-10-12-20(26)13-11-19)15-23-24(17)25(27)22(29-23)9-5-8-18-6-3-2-4-7-18/h2-15H,16H2,1H3/b8-5+,22-9-. The minimum Gasteiger partial charge on any atom is -0.489 e. The molecule has 0 N–H and O–H groups in total. The molecule has 4 rings (SSSR count). The van der Waals surface area contributed by atoms with E-state index in [1.807, 2.05) is 49.4 Å². The number of rotatable bonds is 5. The summed E-state index contributed by atoms with van der Waals surface area (Å²) in [4.78, 5) is 12.7. The lowest BCUT2D eigenvalue weighted by molar-refractivity contribution is 0.101. The molecule has 0 saturated heterocycles. The van der Waals surface area contributed by atoms with Gasteiger partial charge in [-0.3, -0.25) is 4.79 Å². The Morgan fingerprint density at radius 2 is 1.79 bits per heavy atom. The molecular weight excluding hydrogens is 367 g/mol. The molecule has 0 bridgehead atoms. The minimum atomic E-state index is -0.283. The van der Waals surface area contributed by atoms with Gasteiger partial charge in [-0.1, -0.05) is 54.6 Å². The summed E-state index contributed by atoms with van der Waals surface area (Å²) in [7, 11) is 0. The van der Waals surface area contributed by atoms with Crippen molar-refractivity contribution < 1.29 is 18.7 Å². The van der Waals surface area contributed by atoms with Crippen LogP contribution in [0, 0.1) is 12.7 Å². The second-order valence-electron chi connectivity index (χ2n) is 6.76. The van der Waals surface area contributed by atoms with Gasteiger partial charge in [0.2, 0.25) is 5.78 Å². The third-order valence-electron chi connectivity index (χ3n) is 4.60. The summed E-state index contributed by atoms with van der Waals surface area (Å²) in [6.45, 7) is 2.16. The van der Waals surface area contributed by atoms with E-state index in [4.69, 9.17) is 9.47 Å². The molecule has 1 aliphatic heterocycles. The van der Waals surface area contributed by atoms with Crippen molar-refractivity contribution in [3.63, 3.8) is 0 Å². The highest BCUT2D eigenvalue weighted by Crippen LogP contribution is 2.37. The second-order valence-corrected chi connectivity index (χ2v) is 6.76. The molecule has 0 atom stereocenters. The largest absolute Gasteiger partial charge is 0.489 e. The maximum Gasteiger partial charge on any atom is 0.232 e. The average Bonchev–Trinajstić information content (AvgIpc) is 3.04. The van der Waals surface area contributed by atoms with E-state index < -0.39 is 0 Å². The number of ketones is 1. The fourth-order valence-electron chi connectivity index (χ4n) is 3.13. The number of carbonyl (C=O) groups excluding carboxylic acids is 1. The van der Waals surface area contributed by atoms with E-state index in [1.165, 1.54) is 12.1 Å². The highest BCUT2D eigenvalue weighted by molar-refractivity contribution is 6.13. The molecule has 3 aromatic rings. The Morgan fingerprint density at radius 1 is 1.03 bits per heavy atom. The molecule has 144 valence electrons. The fraction of sp³-hybridized carbons (Fsp3) is 0.0800. The van der Waals surface area contributed by atoms with Crippen LogP contribution in [-0.4, -0.2) is 5.78 Å². The Labute approximate surface area is 168 Å². The molecule has 1 aliphatic rings. The first-order chi connectivity index (χ1) is 14.1. The predicted molar refractivity (Wildman–Crippen MR) is 110 cm³/mol. The average molecular weight is 386 g/mol. The molecular formula is C25H19FO3. The van der Waals surface area contributed by atoms with Crippen LogP contribution in [0.3, 0.4) is 0 Å². The maximum absolute atomic E-state index is 13.0. The van der Waals surface area contributed by atoms with Crippen molar-refractivity contribution in [2.24, 2.45) is 0 Å². The van der Waals surface area contributed by atoms with Crippen LogP contribution in [0.4, 0.5) is 4.39 Å². The lowest BCUT2D eigenvalue weighted by Gasteiger charge is -2.09. The van der Waals surface area contributed by atoms with Gasteiger partial charge in [0.1, 0.15) is 23.9 Å². The lowest BCUT2D eigenvalue weighted by atomic mass is 10.0. The quantitative estimate of drug-likeness (QED) is 0.513. The molecule has 0 amide bonds. The summed E-state index contributed by atoms with van der Waals surface area (Å²) >= 11 is 0. The first-order valence-electron chi connectivity index (χ1n) is 9.28. The van der Waals surface area contributed by atoms with Gasteiger partial charge in [0.25, 0.3) is 0 Å². The molecule has 3 nitrogen and oxygen atoms in total. The van der Waals surface area contributed by atoms with E-state index in [0.29, 0.717) is 23.7 Å². The molecule has 4 heteroatoms. The second kappa shape index (κ2) is 8.15. The third kappa shape index (κ3) is 4.27. The molecule has 0 radical (unpaired) electrons. The van der Waals surface area contributed by atoms with Crippen LogP contribution in [0.5, 0.6) is 11.5 Å². The number of Topliss-reactive ketones (excluding diaryl/α,β-unsaturated/α-hetero) is 1. The topological polar surface area (TPSA) is 35.5 Å². The minimum absolute atomic E-state index is 0.139. The van der Waals surface area contributed by atoms with Gasteiger partial charge in [-0.15, -0.1) is 0 Å². The molecule has 29 heavy (non-hydrogen) atoms. The van der Waals surface area contributed by atoms with Crippen LogP contribution in [0.15, 0.2) is 84.6 Å². The van der Waals surface area contributed by atoms with Gasteiger partial charge in [0.05, 0.1) is 5.56 Å². The molecule has 3 aromatic carbocycles. The van der Waals surface area contributed by atoms with Crippen LogP contribution >= 0.6 is 0 Å². The Morgan fingerprint density at radius 3 is 2.55 bits per heavy atom. The number of aryl methyl sites for hydroxylation is 1. The first-order valence-corrected chi connectivity index (χ1v) is 9.28. The van der Waals surface area contributed by atoms with Crippen molar-refractivity contribution in [2.75, 3.05) is 0 Å². The zero-order valence-electron chi connectivity index (χ0n) is 15.9. The zero-order chi connectivity index (χ0) is 20.2. The number of fused-ring (bicyclic) bond motifs is 1. The van der Waals surface area contributed by atoms with Crippen LogP contribution in [0.25, 0.3) is 6.08 Å². The number of ether oxygens (including phenoxy) is 2. The Bertz CT molecular complexity index is 1100. The summed E-state index contributed by atoms with van der Waals surface area (Å²) in [6.07, 6.45) is 5.39. The van der Waals surface area contributed by atoms with Gasteiger partial charge in [-0.05, 0) is 47.9 Å². The Kier molecular flexibility index (Phi) is 5.25. The number of carbonyl (C=O) groups is 1. The summed E-state index contributed by atoms with van der Waals surface area (Å²) < 4.78 is 24.6. The number of allylic oxidation sites excluding steroid dienone is 3. The van der Waals surface area contributed by atoms with Gasteiger partial charge in [-0.25, -0.2) is 4.39 Å². The molecule has 0 spiro atoms. The predicted octanol–water partition coefficient (Wildman–Crippen LogP) is 5.89. The third-order valence-corrected chi connectivity index (χ3v) is 4.60. The van der Waals surface area contributed by atoms with Crippen LogP contribution < -0.4 is 9.47 Å². The molecule has 0 aromatic heterocycles. The lowest BCUT2D eigenvalue weighted by Crippen LogP contribution is -1.99. The maximum atomic E-state index is 13.0. The van der Waals surface area contributed by atoms with E-state index in [1.54, 1.807) is 30.4 Å². The Balaban J connectivity index is 1.49. The van der Waals surface area contributed by atoms with Gasteiger partial charge in [-0.2, -0.15) is 0 Å². The number of hydrogen-bond donors (Lipinski definition) is 0. The van der Waals surface area contributed by atoms with Gasteiger partial charge >= 0.3 is 0 Å². The molecule has 0 aliphatic carbocycles. The van der Waals surface area contributed by atoms with Gasteiger partial charge in [0, 0.05) is 6.07 Å². The van der Waals surface area contributed by atoms with Gasteiger partial charge in [0.15, 0.2) is 5.76 Å². The van der Waals surface area contributed by atoms with Crippen molar-refractivity contribution >= 4 is 11.9 Å². The summed E-state index contributed by atoms with van der Waals surface area (Å²) in [6, 6.07) is 19.5. The molecule has 0 unspecified atom stereocenters. The normalized spacial score (nSPS) is 14.3. The van der Waals surface area contributed by atoms with Crippen molar-refractivity contribution in [2.45, 2.75) is 13.5 Å². The monoisotopic (exact) mass is 386 g/mol. The number of hydrogen-bond acceptors (Lipinski definition) is 3. The smallest absolute Gasteiger partial charge is 0.232 e. The van der Waals surface area contributed by atoms with Crippen LogP contribution in [0.2, 0.25) is 0 Å². The van der Waals surface area contributed by atoms with Crippen LogP contribution in [0.1, 0.15) is 27.0 Å². The van der Waals surface area contributed by atoms with Gasteiger partial charge < -0.3 is 9.47 Å². The summed E-state index contributed by atoms with van der Waals surface area (Å²) in [5, 5.41) is 0. The fourth-order valence-corrected chi connectivity index (χ4v) is 3.13. The van der Waals surface area contributed by atoms with Crippen molar-refractivity contribution in [3.8, 4) is 11.5 Å². The van der Waals surface area contributed by atoms with E-state index in [0.717, 1.165) is 16.7 Å². The van der Waals surface area contributed by atoms with Crippen molar-refractivity contribution in [1.82, 2.24) is 0 Å². The molecule has 0 fully saturated rings. The summed E-state index contributed by atoms with van der Waals surface area (Å²) in [5.41, 5.74) is 3.24. The SMILES string of the molecule is Cc1cc(OCc2ccc(F)cc2)cc2c1C(=O)/C(=C/C=C/c1ccccc1)O2. The molecule has 0 saturated carbocycles. The highest BCUT2D eigenvalue weighted by atomic mass is 19.1. The number of benzene rings is 3. The zero-order valence-corrected chi connectivity index (χ0v) is 15.9. The molecule has 1 heterocycles.